The van der Waals surface area contributed by atoms with Crippen LogP contribution in [0.2, 0.25) is 10.0 Å². The van der Waals surface area contributed by atoms with Crippen molar-refractivity contribution in [2.45, 2.75) is 24.3 Å². The summed E-state index contributed by atoms with van der Waals surface area (Å²) < 4.78 is 47.4. The molecule has 1 atom stereocenters. The van der Waals surface area contributed by atoms with Gasteiger partial charge in [-0.1, -0.05) is 41.4 Å². The van der Waals surface area contributed by atoms with Crippen molar-refractivity contribution in [2.24, 2.45) is 5.10 Å². The maximum absolute atomic E-state index is 14.2. The quantitative estimate of drug-likeness (QED) is 0.430. The average molecular weight is 522 g/mol. The molecule has 0 aliphatic carbocycles. The summed E-state index contributed by atoms with van der Waals surface area (Å²) in [6.07, 6.45) is 0.435. The Bertz CT molecular complexity index is 1350. The Hall–Kier alpha value is -2.65. The lowest BCUT2D eigenvalue weighted by Gasteiger charge is -2.25. The Balaban J connectivity index is 1.62. The summed E-state index contributed by atoms with van der Waals surface area (Å²) >= 11 is 12.5. The van der Waals surface area contributed by atoms with Crippen molar-refractivity contribution in [1.82, 2.24) is 4.72 Å². The summed E-state index contributed by atoms with van der Waals surface area (Å²) in [4.78, 5) is -0.393. The van der Waals surface area contributed by atoms with Crippen molar-refractivity contribution in [3.05, 3.63) is 87.7 Å². The molecular weight excluding hydrogens is 500 g/mol. The van der Waals surface area contributed by atoms with Crippen molar-refractivity contribution in [3.63, 3.8) is 0 Å². The fourth-order valence-corrected chi connectivity index (χ4v) is 5.40. The first-order valence-corrected chi connectivity index (χ1v) is 12.6. The molecule has 0 saturated heterocycles. The molecule has 34 heavy (non-hydrogen) atoms. The van der Waals surface area contributed by atoms with E-state index in [4.69, 9.17) is 27.9 Å². The molecule has 0 radical (unpaired) electrons. The molecule has 0 saturated carbocycles. The molecule has 4 rings (SSSR count). The first-order valence-electron chi connectivity index (χ1n) is 10.4. The minimum atomic E-state index is -4.07. The van der Waals surface area contributed by atoms with E-state index in [1.807, 2.05) is 24.3 Å². The lowest BCUT2D eigenvalue weighted by atomic mass is 10.0. The molecule has 0 fully saturated rings. The van der Waals surface area contributed by atoms with E-state index in [-0.39, 0.29) is 12.6 Å². The number of hydrogen-bond acceptors (Lipinski definition) is 5. The number of methoxy groups -OCH3 is 1. The van der Waals surface area contributed by atoms with Crippen LogP contribution in [0.1, 0.15) is 23.6 Å². The number of rotatable bonds is 7. The lowest BCUT2D eigenvalue weighted by molar-refractivity contribution is 0.414. The number of benzene rings is 3. The standard InChI is InChI=1S/C24H22Cl2FN3O3S/c1-15-3-9-21(27)24(11-15)34(31,32)28-14-18-13-23(16-4-7-19(33-2)8-5-16)30(29-18)22-10-6-17(25)12-20(22)26/h3-12,23,28H,13-14H2,1-2H3. The third kappa shape index (κ3) is 5.20. The molecule has 1 heterocycles. The highest BCUT2D eigenvalue weighted by Gasteiger charge is 2.31. The van der Waals surface area contributed by atoms with Crippen LogP contribution < -0.4 is 14.5 Å². The monoisotopic (exact) mass is 521 g/mol. The van der Waals surface area contributed by atoms with Crippen LogP contribution in [0.4, 0.5) is 10.1 Å². The molecule has 0 bridgehead atoms. The number of ether oxygens (including phenoxy) is 1. The van der Waals surface area contributed by atoms with Crippen molar-refractivity contribution < 1.29 is 17.5 Å². The van der Waals surface area contributed by atoms with Crippen LogP contribution in [-0.2, 0) is 10.0 Å². The highest BCUT2D eigenvalue weighted by atomic mass is 35.5. The largest absolute Gasteiger partial charge is 0.497 e. The van der Waals surface area contributed by atoms with E-state index in [1.54, 1.807) is 37.2 Å². The predicted molar refractivity (Wildman–Crippen MR) is 133 cm³/mol. The Morgan fingerprint density at radius 2 is 1.85 bits per heavy atom. The van der Waals surface area contributed by atoms with Gasteiger partial charge < -0.3 is 4.74 Å². The summed E-state index contributed by atoms with van der Waals surface area (Å²) in [5.74, 6) is -0.0935. The van der Waals surface area contributed by atoms with Crippen LogP contribution >= 0.6 is 23.2 Å². The second-order valence-corrected chi connectivity index (χ2v) is 10.4. The SMILES string of the molecule is COc1ccc(C2CC(CNS(=O)(=O)c3cc(C)ccc3F)=NN2c2ccc(Cl)cc2Cl)cc1. The van der Waals surface area contributed by atoms with Gasteiger partial charge in [0.2, 0.25) is 10.0 Å². The van der Waals surface area contributed by atoms with E-state index < -0.39 is 20.7 Å². The highest BCUT2D eigenvalue weighted by Crippen LogP contribution is 2.40. The van der Waals surface area contributed by atoms with Gasteiger partial charge in [-0.05, 0) is 60.5 Å². The fourth-order valence-electron chi connectivity index (χ4n) is 3.73. The number of hydrogen-bond donors (Lipinski definition) is 1. The van der Waals surface area contributed by atoms with Crippen LogP contribution in [-0.4, -0.2) is 27.8 Å². The zero-order valence-electron chi connectivity index (χ0n) is 18.4. The van der Waals surface area contributed by atoms with Gasteiger partial charge in [-0.15, -0.1) is 0 Å². The third-order valence-electron chi connectivity index (χ3n) is 5.47. The first-order chi connectivity index (χ1) is 16.2. The maximum atomic E-state index is 14.2. The summed E-state index contributed by atoms with van der Waals surface area (Å²) in [6.45, 7) is 1.62. The van der Waals surface area contributed by atoms with Crippen molar-refractivity contribution in [3.8, 4) is 5.75 Å². The van der Waals surface area contributed by atoms with Gasteiger partial charge in [0.1, 0.15) is 16.5 Å². The molecule has 3 aromatic carbocycles. The third-order valence-corrected chi connectivity index (χ3v) is 7.43. The smallest absolute Gasteiger partial charge is 0.243 e. The van der Waals surface area contributed by atoms with E-state index in [0.717, 1.165) is 11.6 Å². The summed E-state index contributed by atoms with van der Waals surface area (Å²) in [6, 6.07) is 16.4. The highest BCUT2D eigenvalue weighted by molar-refractivity contribution is 7.89. The van der Waals surface area contributed by atoms with Gasteiger partial charge in [-0.3, -0.25) is 5.01 Å². The molecular formula is C24H22Cl2FN3O3S. The Morgan fingerprint density at radius 3 is 2.53 bits per heavy atom. The van der Waals surface area contributed by atoms with Gasteiger partial charge in [-0.2, -0.15) is 5.10 Å². The molecule has 6 nitrogen and oxygen atoms in total. The summed E-state index contributed by atoms with van der Waals surface area (Å²) in [5, 5.41) is 7.31. The topological polar surface area (TPSA) is 71.0 Å². The lowest BCUT2D eigenvalue weighted by Crippen LogP contribution is -2.30. The molecule has 0 amide bonds. The molecule has 1 aliphatic rings. The van der Waals surface area contributed by atoms with Crippen molar-refractivity contribution in [2.75, 3.05) is 18.7 Å². The number of hydrazone groups is 1. The van der Waals surface area contributed by atoms with Crippen LogP contribution in [0.3, 0.4) is 0 Å². The Morgan fingerprint density at radius 1 is 1.12 bits per heavy atom. The van der Waals surface area contributed by atoms with Gasteiger partial charge in [0.15, 0.2) is 0 Å². The Labute approximate surface area is 208 Å². The molecule has 0 spiro atoms. The van der Waals surface area contributed by atoms with Crippen LogP contribution in [0.5, 0.6) is 5.75 Å². The van der Waals surface area contributed by atoms with Crippen molar-refractivity contribution >= 4 is 44.6 Å². The van der Waals surface area contributed by atoms with E-state index in [1.165, 1.54) is 12.1 Å². The van der Waals surface area contributed by atoms with Crippen LogP contribution in [0.25, 0.3) is 0 Å². The number of halogens is 3. The predicted octanol–water partition coefficient (Wildman–Crippen LogP) is 5.74. The van der Waals surface area contributed by atoms with E-state index in [2.05, 4.69) is 9.82 Å². The summed E-state index contributed by atoms with van der Waals surface area (Å²) in [5.41, 5.74) is 2.79. The zero-order chi connectivity index (χ0) is 24.5. The second-order valence-electron chi connectivity index (χ2n) is 7.86. The number of aryl methyl sites for hydroxylation is 1. The number of nitrogens with one attached hydrogen (secondary N) is 1. The van der Waals surface area contributed by atoms with E-state index in [9.17, 15) is 12.8 Å². The minimum absolute atomic E-state index is 0.0793. The van der Waals surface area contributed by atoms with Gasteiger partial charge >= 0.3 is 0 Å². The first kappa shape index (κ1) is 24.5. The Kier molecular flexibility index (Phi) is 7.14. The zero-order valence-corrected chi connectivity index (χ0v) is 20.8. The molecule has 1 unspecified atom stereocenters. The average Bonchev–Trinajstić information content (AvgIpc) is 3.23. The maximum Gasteiger partial charge on any atom is 0.243 e. The van der Waals surface area contributed by atoms with Crippen molar-refractivity contribution in [1.29, 1.82) is 0 Å². The normalized spacial score (nSPS) is 16.0. The molecule has 10 heteroatoms. The molecule has 0 aromatic heterocycles. The van der Waals surface area contributed by atoms with Gasteiger partial charge in [-0.25, -0.2) is 17.5 Å². The molecule has 3 aromatic rings. The number of anilines is 1. The van der Waals surface area contributed by atoms with E-state index in [0.29, 0.717) is 39.2 Å². The van der Waals surface area contributed by atoms with E-state index >= 15 is 0 Å². The number of nitrogens with zero attached hydrogens (tertiary/aromatic N) is 2. The fraction of sp³-hybridized carbons (Fsp3) is 0.208. The second kappa shape index (κ2) is 9.92. The van der Waals surface area contributed by atoms with Gasteiger partial charge in [0.25, 0.3) is 0 Å². The van der Waals surface area contributed by atoms with Crippen LogP contribution in [0.15, 0.2) is 70.7 Å². The molecule has 1 aliphatic heterocycles. The summed E-state index contributed by atoms with van der Waals surface area (Å²) in [7, 11) is -2.48. The van der Waals surface area contributed by atoms with Gasteiger partial charge in [0, 0.05) is 11.4 Å². The van der Waals surface area contributed by atoms with Crippen LogP contribution in [0, 0.1) is 12.7 Å². The minimum Gasteiger partial charge on any atom is -0.497 e. The molecule has 178 valence electrons. The number of sulfonamides is 1. The van der Waals surface area contributed by atoms with Gasteiger partial charge in [0.05, 0.1) is 36.1 Å². The molecule has 1 N–H and O–H groups in total.